The lowest BCUT2D eigenvalue weighted by atomic mass is 10.1. The van der Waals surface area contributed by atoms with Crippen molar-refractivity contribution >= 4 is 5.69 Å². The quantitative estimate of drug-likeness (QED) is 0.791. The minimum atomic E-state index is -0.0491. The number of nitrogens with zero attached hydrogens (tertiary/aromatic N) is 3. The Bertz CT molecular complexity index is 400. The number of hydrogen-bond acceptors (Lipinski definition) is 4. The van der Waals surface area contributed by atoms with Gasteiger partial charge in [-0.2, -0.15) is 5.10 Å². The second-order valence-corrected chi connectivity index (χ2v) is 4.67. The molecule has 0 aliphatic carbocycles. The van der Waals surface area contributed by atoms with Crippen LogP contribution < -0.4 is 16.2 Å². The van der Waals surface area contributed by atoms with E-state index in [1.165, 1.54) is 4.68 Å². The summed E-state index contributed by atoms with van der Waals surface area (Å²) in [6, 6.07) is 1.61. The average Bonchev–Trinajstić information content (AvgIpc) is 2.27. The van der Waals surface area contributed by atoms with Gasteiger partial charge in [0, 0.05) is 32.7 Å². The third-order valence-corrected chi connectivity index (χ3v) is 2.68. The van der Waals surface area contributed by atoms with Crippen LogP contribution in [0.2, 0.25) is 0 Å². The topological polar surface area (TPSA) is 64.2 Å². The lowest BCUT2D eigenvalue weighted by molar-refractivity contribution is 0.471. The van der Waals surface area contributed by atoms with Crippen LogP contribution in [0, 0.1) is 5.92 Å². The molecule has 0 unspecified atom stereocenters. The summed E-state index contributed by atoms with van der Waals surface area (Å²) in [5.41, 5.74) is 6.24. The number of nitrogens with two attached hydrogens (primary N) is 1. The van der Waals surface area contributed by atoms with Gasteiger partial charge < -0.3 is 10.6 Å². The van der Waals surface area contributed by atoms with E-state index >= 15 is 0 Å². The Hall–Kier alpha value is -1.36. The average molecular weight is 238 g/mol. The number of hydrogen-bond donors (Lipinski definition) is 1. The highest BCUT2D eigenvalue weighted by atomic mass is 16.1. The molecule has 1 aromatic heterocycles. The molecule has 0 spiro atoms. The molecule has 0 atom stereocenters. The van der Waals surface area contributed by atoms with Gasteiger partial charge in [-0.15, -0.1) is 0 Å². The number of rotatable bonds is 6. The summed E-state index contributed by atoms with van der Waals surface area (Å²) in [7, 11) is 1.90. The van der Waals surface area contributed by atoms with Gasteiger partial charge in [-0.1, -0.05) is 13.8 Å². The highest BCUT2D eigenvalue weighted by molar-refractivity contribution is 5.41. The van der Waals surface area contributed by atoms with Crippen molar-refractivity contribution in [2.24, 2.45) is 11.7 Å². The monoisotopic (exact) mass is 238 g/mol. The summed E-state index contributed by atoms with van der Waals surface area (Å²) in [5, 5.41) is 4.18. The Morgan fingerprint density at radius 3 is 2.76 bits per heavy atom. The zero-order valence-electron chi connectivity index (χ0n) is 10.9. The molecule has 17 heavy (non-hydrogen) atoms. The van der Waals surface area contributed by atoms with E-state index in [9.17, 15) is 4.79 Å². The van der Waals surface area contributed by atoms with Crippen molar-refractivity contribution in [1.29, 1.82) is 0 Å². The third-order valence-electron chi connectivity index (χ3n) is 2.68. The molecule has 1 aromatic rings. The first-order valence-corrected chi connectivity index (χ1v) is 6.03. The third kappa shape index (κ3) is 4.19. The van der Waals surface area contributed by atoms with Crippen LogP contribution in [-0.2, 0) is 6.54 Å². The van der Waals surface area contributed by atoms with Crippen molar-refractivity contribution in [3.8, 4) is 0 Å². The summed E-state index contributed by atoms with van der Waals surface area (Å²) < 4.78 is 1.51. The maximum Gasteiger partial charge on any atom is 0.268 e. The summed E-state index contributed by atoms with van der Waals surface area (Å²) in [4.78, 5) is 13.7. The molecule has 5 heteroatoms. The van der Waals surface area contributed by atoms with E-state index in [2.05, 4.69) is 18.9 Å². The molecule has 96 valence electrons. The van der Waals surface area contributed by atoms with E-state index in [0.29, 0.717) is 19.0 Å². The predicted octanol–water partition coefficient (Wildman–Crippen LogP) is 0.684. The lowest BCUT2D eigenvalue weighted by Crippen LogP contribution is -2.29. The molecule has 0 amide bonds. The lowest BCUT2D eigenvalue weighted by Gasteiger charge is -2.17. The number of aryl methyl sites for hydroxylation is 1. The fraction of sp³-hybridized carbons (Fsp3) is 0.667. The zero-order valence-corrected chi connectivity index (χ0v) is 10.9. The number of likely N-dealkylation sites (N-methyl/N-ethyl adjacent to an activating group) is 1. The molecule has 0 bridgehead atoms. The van der Waals surface area contributed by atoms with Crippen molar-refractivity contribution in [2.45, 2.75) is 26.8 Å². The largest absolute Gasteiger partial charge is 0.372 e. The Balaban J connectivity index is 2.75. The predicted molar refractivity (Wildman–Crippen MR) is 70.3 cm³/mol. The first-order chi connectivity index (χ1) is 8.04. The van der Waals surface area contributed by atoms with Gasteiger partial charge >= 0.3 is 0 Å². The molecule has 1 heterocycles. The van der Waals surface area contributed by atoms with Gasteiger partial charge in [0.15, 0.2) is 0 Å². The molecule has 0 aliphatic rings. The van der Waals surface area contributed by atoms with Crippen LogP contribution in [-0.4, -0.2) is 29.9 Å². The minimum Gasteiger partial charge on any atom is -0.372 e. The van der Waals surface area contributed by atoms with E-state index in [-0.39, 0.29) is 5.56 Å². The zero-order chi connectivity index (χ0) is 12.8. The van der Waals surface area contributed by atoms with Gasteiger partial charge in [0.2, 0.25) is 0 Å². The standard InChI is InChI=1S/C12H22N4O/c1-10(2)4-6-16-12(17)8-11(9-14-16)15(3)7-5-13/h8-10H,4-7,13H2,1-3H3. The smallest absolute Gasteiger partial charge is 0.268 e. The van der Waals surface area contributed by atoms with Crippen LogP contribution in [0.3, 0.4) is 0 Å². The van der Waals surface area contributed by atoms with Gasteiger partial charge in [-0.25, -0.2) is 4.68 Å². The highest BCUT2D eigenvalue weighted by Gasteiger charge is 2.04. The van der Waals surface area contributed by atoms with Crippen LogP contribution in [0.15, 0.2) is 17.1 Å². The molecule has 5 nitrogen and oxygen atoms in total. The Morgan fingerprint density at radius 1 is 1.53 bits per heavy atom. The molecule has 0 saturated heterocycles. The van der Waals surface area contributed by atoms with Gasteiger partial charge in [0.05, 0.1) is 11.9 Å². The van der Waals surface area contributed by atoms with Crippen molar-refractivity contribution in [3.63, 3.8) is 0 Å². The van der Waals surface area contributed by atoms with Crippen molar-refractivity contribution in [3.05, 3.63) is 22.6 Å². The van der Waals surface area contributed by atoms with Crippen LogP contribution in [0.5, 0.6) is 0 Å². The molecule has 2 N–H and O–H groups in total. The second kappa shape index (κ2) is 6.39. The molecule has 1 rings (SSSR count). The van der Waals surface area contributed by atoms with Crippen LogP contribution in [0.4, 0.5) is 5.69 Å². The van der Waals surface area contributed by atoms with Crippen molar-refractivity contribution in [1.82, 2.24) is 9.78 Å². The Labute approximate surface area is 102 Å². The molecular formula is C12H22N4O. The van der Waals surface area contributed by atoms with Crippen molar-refractivity contribution < 1.29 is 0 Å². The Kier molecular flexibility index (Phi) is 5.15. The van der Waals surface area contributed by atoms with E-state index in [1.807, 2.05) is 11.9 Å². The van der Waals surface area contributed by atoms with Gasteiger partial charge in [0.25, 0.3) is 5.56 Å². The van der Waals surface area contributed by atoms with E-state index in [4.69, 9.17) is 5.73 Å². The number of anilines is 1. The second-order valence-electron chi connectivity index (χ2n) is 4.67. The fourth-order valence-electron chi connectivity index (χ4n) is 1.50. The summed E-state index contributed by atoms with van der Waals surface area (Å²) in [6.45, 7) is 6.23. The SMILES string of the molecule is CC(C)CCn1ncc(N(C)CCN)cc1=O. The summed E-state index contributed by atoms with van der Waals surface area (Å²) in [5.74, 6) is 0.572. The first kappa shape index (κ1) is 13.7. The molecule has 0 aromatic carbocycles. The molecular weight excluding hydrogens is 216 g/mol. The minimum absolute atomic E-state index is 0.0491. The fourth-order valence-corrected chi connectivity index (χ4v) is 1.50. The Morgan fingerprint density at radius 2 is 2.24 bits per heavy atom. The number of aromatic nitrogens is 2. The molecule has 0 saturated carbocycles. The van der Waals surface area contributed by atoms with Gasteiger partial charge in [-0.3, -0.25) is 4.79 Å². The highest BCUT2D eigenvalue weighted by Crippen LogP contribution is 2.06. The molecule has 0 radical (unpaired) electrons. The molecule has 0 fully saturated rings. The van der Waals surface area contributed by atoms with Crippen LogP contribution >= 0.6 is 0 Å². The van der Waals surface area contributed by atoms with Crippen LogP contribution in [0.25, 0.3) is 0 Å². The maximum atomic E-state index is 11.8. The maximum absolute atomic E-state index is 11.8. The van der Waals surface area contributed by atoms with Gasteiger partial charge in [-0.05, 0) is 12.3 Å². The summed E-state index contributed by atoms with van der Waals surface area (Å²) in [6.07, 6.45) is 2.68. The van der Waals surface area contributed by atoms with E-state index < -0.39 is 0 Å². The van der Waals surface area contributed by atoms with Crippen molar-refractivity contribution in [2.75, 3.05) is 25.0 Å². The summed E-state index contributed by atoms with van der Waals surface area (Å²) >= 11 is 0. The molecule has 0 aliphatic heterocycles. The van der Waals surface area contributed by atoms with E-state index in [1.54, 1.807) is 12.3 Å². The first-order valence-electron chi connectivity index (χ1n) is 6.03. The van der Waals surface area contributed by atoms with Gasteiger partial charge in [0.1, 0.15) is 0 Å². The van der Waals surface area contributed by atoms with Crippen LogP contribution in [0.1, 0.15) is 20.3 Å². The normalized spacial score (nSPS) is 10.9. The van der Waals surface area contributed by atoms with E-state index in [0.717, 1.165) is 18.7 Å².